The van der Waals surface area contributed by atoms with Gasteiger partial charge < -0.3 is 24.4 Å². The first-order chi connectivity index (χ1) is 20.8. The summed E-state index contributed by atoms with van der Waals surface area (Å²) in [5.74, 6) is -3.05. The van der Waals surface area contributed by atoms with Gasteiger partial charge in [-0.15, -0.1) is 13.2 Å². The van der Waals surface area contributed by atoms with Crippen molar-refractivity contribution < 1.29 is 29.0 Å². The summed E-state index contributed by atoms with van der Waals surface area (Å²) in [7, 11) is 0. The average molecular weight is 607 g/mol. The highest BCUT2D eigenvalue weighted by Gasteiger charge is 2.75. The maximum Gasteiger partial charge on any atom is 0.312 e. The van der Waals surface area contributed by atoms with Gasteiger partial charge in [0.15, 0.2) is 0 Å². The van der Waals surface area contributed by atoms with Crippen LogP contribution in [0.15, 0.2) is 73.8 Å². The summed E-state index contributed by atoms with van der Waals surface area (Å²) in [6, 6.07) is 12.5. The molecule has 2 bridgehead atoms. The molecule has 0 saturated carbocycles. The third-order valence-electron chi connectivity index (χ3n) is 9.02. The SMILES string of the molecule is C=CCCCCOC(=O)[C@@H]1[C@@H]2CCC3(O2)C(C(=O)N(CC=C)c2c(C)cccc2Cl)N([C@H](CO)c2ccccc2)C(=O)[C@H]13. The van der Waals surface area contributed by atoms with Crippen LogP contribution in [0.25, 0.3) is 0 Å². The Kier molecular flexibility index (Phi) is 9.39. The van der Waals surface area contributed by atoms with Crippen molar-refractivity contribution in [2.75, 3.05) is 24.7 Å². The van der Waals surface area contributed by atoms with E-state index in [1.165, 1.54) is 9.80 Å². The number of nitrogens with zero attached hydrogens (tertiary/aromatic N) is 2. The molecule has 8 nitrogen and oxygen atoms in total. The molecule has 2 unspecified atom stereocenters. The monoisotopic (exact) mass is 606 g/mol. The van der Waals surface area contributed by atoms with E-state index >= 15 is 0 Å². The molecule has 3 saturated heterocycles. The highest BCUT2D eigenvalue weighted by atomic mass is 35.5. The number of carbonyl (C=O) groups excluding carboxylic acids is 3. The quantitative estimate of drug-likeness (QED) is 0.192. The Labute approximate surface area is 257 Å². The summed E-state index contributed by atoms with van der Waals surface area (Å²) >= 11 is 6.65. The number of fused-ring (bicyclic) bond motifs is 1. The van der Waals surface area contributed by atoms with Crippen molar-refractivity contribution in [1.82, 2.24) is 4.90 Å². The van der Waals surface area contributed by atoms with E-state index in [-0.39, 0.29) is 13.2 Å². The summed E-state index contributed by atoms with van der Waals surface area (Å²) in [5, 5.41) is 11.1. The molecule has 1 N–H and O–H groups in total. The Bertz CT molecular complexity index is 1360. The third-order valence-corrected chi connectivity index (χ3v) is 9.33. The van der Waals surface area contributed by atoms with Gasteiger partial charge in [-0.05, 0) is 56.2 Å². The van der Waals surface area contributed by atoms with Crippen molar-refractivity contribution in [3.63, 3.8) is 0 Å². The van der Waals surface area contributed by atoms with Crippen molar-refractivity contribution in [3.8, 4) is 0 Å². The Morgan fingerprint density at radius 1 is 1.19 bits per heavy atom. The second kappa shape index (κ2) is 13.0. The number of benzene rings is 2. The number of halogens is 1. The minimum atomic E-state index is -1.26. The van der Waals surface area contributed by atoms with Gasteiger partial charge in [0.1, 0.15) is 11.6 Å². The number of para-hydroxylation sites is 1. The maximum absolute atomic E-state index is 14.9. The largest absolute Gasteiger partial charge is 0.465 e. The lowest BCUT2D eigenvalue weighted by atomic mass is 9.70. The molecule has 0 aromatic heterocycles. The second-order valence-corrected chi connectivity index (χ2v) is 11.9. The molecular formula is C34H39ClN2O6. The fraction of sp³-hybridized carbons (Fsp3) is 0.441. The summed E-state index contributed by atoms with van der Waals surface area (Å²) in [6.45, 7) is 9.40. The first kappa shape index (κ1) is 31.0. The Morgan fingerprint density at radius 3 is 2.63 bits per heavy atom. The van der Waals surface area contributed by atoms with E-state index in [2.05, 4.69) is 13.2 Å². The Hall–Kier alpha value is -3.46. The van der Waals surface area contributed by atoms with Gasteiger partial charge in [0.25, 0.3) is 5.91 Å². The van der Waals surface area contributed by atoms with Crippen LogP contribution < -0.4 is 4.90 Å². The highest BCUT2D eigenvalue weighted by Crippen LogP contribution is 2.60. The minimum absolute atomic E-state index is 0.136. The number of ether oxygens (including phenoxy) is 2. The molecule has 3 aliphatic rings. The summed E-state index contributed by atoms with van der Waals surface area (Å²) in [5.41, 5.74) is 0.712. The van der Waals surface area contributed by atoms with E-state index in [4.69, 9.17) is 21.1 Å². The predicted octanol–water partition coefficient (Wildman–Crippen LogP) is 5.18. The molecule has 2 aromatic rings. The van der Waals surface area contributed by atoms with Crippen molar-refractivity contribution in [1.29, 1.82) is 0 Å². The number of esters is 1. The van der Waals surface area contributed by atoms with Gasteiger partial charge in [0.2, 0.25) is 5.91 Å². The van der Waals surface area contributed by atoms with Crippen LogP contribution in [0, 0.1) is 18.8 Å². The van der Waals surface area contributed by atoms with E-state index < -0.39 is 60.0 Å². The van der Waals surface area contributed by atoms with Crippen molar-refractivity contribution in [2.24, 2.45) is 11.8 Å². The van der Waals surface area contributed by atoms with Gasteiger partial charge in [-0.2, -0.15) is 0 Å². The number of carbonyl (C=O) groups is 3. The fourth-order valence-corrected chi connectivity index (χ4v) is 7.52. The van der Waals surface area contributed by atoms with Crippen molar-refractivity contribution in [2.45, 2.75) is 62.8 Å². The molecule has 3 heterocycles. The molecule has 6 atom stereocenters. The van der Waals surface area contributed by atoms with E-state index in [1.54, 1.807) is 12.1 Å². The van der Waals surface area contributed by atoms with Crippen LogP contribution >= 0.6 is 11.6 Å². The van der Waals surface area contributed by atoms with Crippen LogP contribution in [0.5, 0.6) is 0 Å². The third kappa shape index (κ3) is 5.41. The minimum Gasteiger partial charge on any atom is -0.465 e. The lowest BCUT2D eigenvalue weighted by molar-refractivity contribution is -0.156. The van der Waals surface area contributed by atoms with Crippen LogP contribution in [0.1, 0.15) is 49.3 Å². The number of hydrogen-bond acceptors (Lipinski definition) is 6. The number of aliphatic hydroxyl groups is 1. The zero-order valence-electron chi connectivity index (χ0n) is 24.5. The number of amides is 2. The van der Waals surface area contributed by atoms with E-state index in [1.807, 2.05) is 55.5 Å². The van der Waals surface area contributed by atoms with Crippen LogP contribution in [0.4, 0.5) is 5.69 Å². The van der Waals surface area contributed by atoms with Gasteiger partial charge in [0.05, 0.1) is 47.9 Å². The summed E-state index contributed by atoms with van der Waals surface area (Å²) in [4.78, 5) is 45.9. The lowest BCUT2D eigenvalue weighted by Crippen LogP contribution is -2.57. The maximum atomic E-state index is 14.9. The van der Waals surface area contributed by atoms with Crippen LogP contribution in [-0.2, 0) is 23.9 Å². The molecule has 1 spiro atoms. The van der Waals surface area contributed by atoms with Crippen LogP contribution in [0.3, 0.4) is 0 Å². The van der Waals surface area contributed by atoms with Gasteiger partial charge in [-0.3, -0.25) is 14.4 Å². The van der Waals surface area contributed by atoms with Crippen molar-refractivity contribution in [3.05, 3.63) is 90.0 Å². The Morgan fingerprint density at radius 2 is 1.95 bits per heavy atom. The number of hydrogen-bond donors (Lipinski definition) is 1. The predicted molar refractivity (Wildman–Crippen MR) is 164 cm³/mol. The number of anilines is 1. The molecule has 2 amide bonds. The summed E-state index contributed by atoms with van der Waals surface area (Å²) < 4.78 is 12.3. The Balaban J connectivity index is 1.58. The van der Waals surface area contributed by atoms with E-state index in [0.29, 0.717) is 35.5 Å². The van der Waals surface area contributed by atoms with Crippen LogP contribution in [-0.4, -0.2) is 65.3 Å². The fourth-order valence-electron chi connectivity index (χ4n) is 7.20. The molecule has 2 aromatic carbocycles. The topological polar surface area (TPSA) is 96.4 Å². The molecule has 3 fully saturated rings. The molecular weight excluding hydrogens is 568 g/mol. The lowest BCUT2D eigenvalue weighted by Gasteiger charge is -2.39. The van der Waals surface area contributed by atoms with E-state index in [0.717, 1.165) is 18.4 Å². The number of allylic oxidation sites excluding steroid dienone is 1. The first-order valence-corrected chi connectivity index (χ1v) is 15.3. The number of aliphatic hydroxyl groups excluding tert-OH is 1. The van der Waals surface area contributed by atoms with Crippen molar-refractivity contribution >= 4 is 35.1 Å². The number of rotatable bonds is 13. The molecule has 0 radical (unpaired) electrons. The molecule has 228 valence electrons. The standard InChI is InChI=1S/C34H39ClN2O6/c1-4-6-7-11-20-42-33(41)27-26-17-18-34(43-26)28(27)31(39)37(25(21-38)23-14-9-8-10-15-23)30(34)32(40)36(19-5-2)29-22(3)13-12-16-24(29)35/h4-5,8-10,12-16,25-28,30,38H,1-2,6-7,11,17-21H2,3H3/t25-,26+,27-,28+,30?,34?/m1/s1. The molecule has 3 aliphatic heterocycles. The molecule has 5 rings (SSSR count). The summed E-state index contributed by atoms with van der Waals surface area (Å²) in [6.07, 6.45) is 6.17. The second-order valence-electron chi connectivity index (χ2n) is 11.5. The van der Waals surface area contributed by atoms with Gasteiger partial charge in [0, 0.05) is 6.54 Å². The van der Waals surface area contributed by atoms with Gasteiger partial charge in [-0.1, -0.05) is 66.2 Å². The normalized spacial score (nSPS) is 26.2. The molecule has 43 heavy (non-hydrogen) atoms. The number of unbranched alkanes of at least 4 members (excludes halogenated alkanes) is 2. The smallest absolute Gasteiger partial charge is 0.312 e. The van der Waals surface area contributed by atoms with E-state index in [9.17, 15) is 19.5 Å². The van der Waals surface area contributed by atoms with Crippen LogP contribution in [0.2, 0.25) is 5.02 Å². The van der Waals surface area contributed by atoms with Gasteiger partial charge >= 0.3 is 5.97 Å². The zero-order valence-corrected chi connectivity index (χ0v) is 25.2. The van der Waals surface area contributed by atoms with Gasteiger partial charge in [-0.25, -0.2) is 0 Å². The average Bonchev–Trinajstić information content (AvgIpc) is 3.65. The first-order valence-electron chi connectivity index (χ1n) is 14.9. The zero-order chi connectivity index (χ0) is 30.7. The molecule has 9 heteroatoms. The highest BCUT2D eigenvalue weighted by molar-refractivity contribution is 6.34. The number of aryl methyl sites for hydroxylation is 1. The molecule has 0 aliphatic carbocycles. The number of likely N-dealkylation sites (tertiary alicyclic amines) is 1.